The van der Waals surface area contributed by atoms with E-state index in [4.69, 9.17) is 15.2 Å². The SMILES string of the molecule is COC1(OC)CCC(C(CN)c2ccc(O)cc2)CC1. The number of nitrogens with two attached hydrogens (primary N) is 1. The minimum atomic E-state index is -0.412. The number of hydrogen-bond acceptors (Lipinski definition) is 4. The topological polar surface area (TPSA) is 64.7 Å². The largest absolute Gasteiger partial charge is 0.508 e. The van der Waals surface area contributed by atoms with Gasteiger partial charge in [0.05, 0.1) is 0 Å². The Morgan fingerprint density at radius 3 is 2.20 bits per heavy atom. The minimum absolute atomic E-state index is 0.297. The highest BCUT2D eigenvalue weighted by molar-refractivity contribution is 5.29. The standard InChI is InChI=1S/C16H25NO3/c1-19-16(20-2)9-7-13(8-10-16)15(11-17)12-3-5-14(18)6-4-12/h3-6,13,15,18H,7-11,17H2,1-2H3. The smallest absolute Gasteiger partial charge is 0.167 e. The summed E-state index contributed by atoms with van der Waals surface area (Å²) in [4.78, 5) is 0. The summed E-state index contributed by atoms with van der Waals surface area (Å²) in [6.45, 7) is 0.627. The van der Waals surface area contributed by atoms with E-state index >= 15 is 0 Å². The van der Waals surface area contributed by atoms with Gasteiger partial charge in [-0.15, -0.1) is 0 Å². The normalized spacial score (nSPS) is 20.8. The van der Waals surface area contributed by atoms with Crippen LogP contribution < -0.4 is 5.73 Å². The Hall–Kier alpha value is -1.10. The van der Waals surface area contributed by atoms with Crippen molar-refractivity contribution in [1.82, 2.24) is 0 Å². The Kier molecular flexibility index (Phi) is 5.02. The summed E-state index contributed by atoms with van der Waals surface area (Å²) in [5.74, 6) is 0.765. The highest BCUT2D eigenvalue weighted by atomic mass is 16.7. The fourth-order valence-corrected chi connectivity index (χ4v) is 3.30. The van der Waals surface area contributed by atoms with Crippen molar-refractivity contribution >= 4 is 0 Å². The lowest BCUT2D eigenvalue weighted by Gasteiger charge is -2.40. The van der Waals surface area contributed by atoms with Crippen LogP contribution in [0.5, 0.6) is 5.75 Å². The van der Waals surface area contributed by atoms with Gasteiger partial charge in [-0.05, 0) is 48.9 Å². The molecule has 1 aliphatic carbocycles. The van der Waals surface area contributed by atoms with Gasteiger partial charge in [-0.1, -0.05) is 12.1 Å². The average Bonchev–Trinajstić information content (AvgIpc) is 2.51. The van der Waals surface area contributed by atoms with E-state index in [2.05, 4.69) is 0 Å². The predicted molar refractivity (Wildman–Crippen MR) is 78.6 cm³/mol. The van der Waals surface area contributed by atoms with E-state index in [1.807, 2.05) is 12.1 Å². The summed E-state index contributed by atoms with van der Waals surface area (Å²) in [5.41, 5.74) is 7.19. The second kappa shape index (κ2) is 6.57. The molecule has 1 fully saturated rings. The van der Waals surface area contributed by atoms with Crippen LogP contribution in [0.25, 0.3) is 0 Å². The van der Waals surface area contributed by atoms with E-state index in [-0.39, 0.29) is 0 Å². The summed E-state index contributed by atoms with van der Waals surface area (Å²) >= 11 is 0. The highest BCUT2D eigenvalue weighted by Gasteiger charge is 2.37. The molecule has 1 aromatic rings. The first kappa shape index (κ1) is 15.3. The molecule has 1 aromatic carbocycles. The van der Waals surface area contributed by atoms with Gasteiger partial charge in [0.25, 0.3) is 0 Å². The van der Waals surface area contributed by atoms with Crippen LogP contribution in [0.2, 0.25) is 0 Å². The molecular weight excluding hydrogens is 254 g/mol. The number of hydrogen-bond donors (Lipinski definition) is 2. The van der Waals surface area contributed by atoms with Crippen LogP contribution in [0.4, 0.5) is 0 Å². The van der Waals surface area contributed by atoms with Crippen molar-refractivity contribution in [3.05, 3.63) is 29.8 Å². The van der Waals surface area contributed by atoms with Gasteiger partial charge in [0, 0.05) is 27.1 Å². The third kappa shape index (κ3) is 3.14. The molecule has 0 aliphatic heterocycles. The summed E-state index contributed by atoms with van der Waals surface area (Å²) in [7, 11) is 3.43. The van der Waals surface area contributed by atoms with Crippen LogP contribution in [0.3, 0.4) is 0 Å². The Labute approximate surface area is 120 Å². The van der Waals surface area contributed by atoms with Crippen molar-refractivity contribution in [2.24, 2.45) is 11.7 Å². The Morgan fingerprint density at radius 1 is 1.20 bits per heavy atom. The van der Waals surface area contributed by atoms with E-state index in [9.17, 15) is 5.11 Å². The monoisotopic (exact) mass is 279 g/mol. The van der Waals surface area contributed by atoms with Crippen molar-refractivity contribution in [2.45, 2.75) is 37.4 Å². The molecule has 0 radical (unpaired) electrons. The average molecular weight is 279 g/mol. The number of aromatic hydroxyl groups is 1. The van der Waals surface area contributed by atoms with Crippen molar-refractivity contribution in [2.75, 3.05) is 20.8 Å². The molecule has 1 aliphatic rings. The predicted octanol–water partition coefficient (Wildman–Crippen LogP) is 2.61. The van der Waals surface area contributed by atoms with E-state index < -0.39 is 5.79 Å². The van der Waals surface area contributed by atoms with E-state index in [1.54, 1.807) is 26.4 Å². The van der Waals surface area contributed by atoms with Crippen LogP contribution in [0.15, 0.2) is 24.3 Å². The zero-order valence-electron chi connectivity index (χ0n) is 12.3. The summed E-state index contributed by atoms with van der Waals surface area (Å²) in [6.07, 6.45) is 3.90. The fourth-order valence-electron chi connectivity index (χ4n) is 3.30. The number of benzene rings is 1. The maximum Gasteiger partial charge on any atom is 0.167 e. The second-order valence-corrected chi connectivity index (χ2v) is 5.59. The van der Waals surface area contributed by atoms with Gasteiger partial charge in [-0.2, -0.15) is 0 Å². The van der Waals surface area contributed by atoms with Crippen molar-refractivity contribution in [3.63, 3.8) is 0 Å². The van der Waals surface area contributed by atoms with Crippen LogP contribution >= 0.6 is 0 Å². The van der Waals surface area contributed by atoms with Crippen molar-refractivity contribution in [3.8, 4) is 5.75 Å². The van der Waals surface area contributed by atoms with Crippen LogP contribution in [-0.4, -0.2) is 31.7 Å². The molecule has 3 N–H and O–H groups in total. The molecule has 0 saturated heterocycles. The molecule has 4 heteroatoms. The van der Waals surface area contributed by atoms with Gasteiger partial charge in [0.2, 0.25) is 0 Å². The lowest BCUT2D eigenvalue weighted by atomic mass is 9.75. The highest BCUT2D eigenvalue weighted by Crippen LogP contribution is 2.41. The number of phenols is 1. The molecular formula is C16H25NO3. The summed E-state index contributed by atoms with van der Waals surface area (Å²) in [5, 5.41) is 9.39. The first-order chi connectivity index (χ1) is 9.64. The van der Waals surface area contributed by atoms with Gasteiger partial charge in [-0.3, -0.25) is 0 Å². The zero-order valence-corrected chi connectivity index (χ0v) is 12.3. The Bertz CT molecular complexity index is 404. The summed E-state index contributed by atoms with van der Waals surface area (Å²) in [6, 6.07) is 7.41. The van der Waals surface area contributed by atoms with E-state index in [0.717, 1.165) is 25.7 Å². The molecule has 2 rings (SSSR count). The number of ether oxygens (including phenoxy) is 2. The Balaban J connectivity index is 2.05. The molecule has 0 heterocycles. The molecule has 1 saturated carbocycles. The lowest BCUT2D eigenvalue weighted by Crippen LogP contribution is -2.39. The summed E-state index contributed by atoms with van der Waals surface area (Å²) < 4.78 is 11.0. The molecule has 0 spiro atoms. The number of phenolic OH excluding ortho intramolecular Hbond substituents is 1. The van der Waals surface area contributed by atoms with Gasteiger partial charge < -0.3 is 20.3 Å². The third-order valence-corrected chi connectivity index (χ3v) is 4.68. The molecule has 1 atom stereocenters. The molecule has 0 aromatic heterocycles. The second-order valence-electron chi connectivity index (χ2n) is 5.59. The zero-order chi connectivity index (χ0) is 14.6. The molecule has 112 valence electrons. The van der Waals surface area contributed by atoms with Gasteiger partial charge >= 0.3 is 0 Å². The van der Waals surface area contributed by atoms with Crippen molar-refractivity contribution in [1.29, 1.82) is 0 Å². The third-order valence-electron chi connectivity index (χ3n) is 4.68. The lowest BCUT2D eigenvalue weighted by molar-refractivity contribution is -0.228. The van der Waals surface area contributed by atoms with Gasteiger partial charge in [0.15, 0.2) is 5.79 Å². The number of rotatable bonds is 5. The van der Waals surface area contributed by atoms with E-state index in [0.29, 0.717) is 24.1 Å². The fraction of sp³-hybridized carbons (Fsp3) is 0.625. The molecule has 0 amide bonds. The van der Waals surface area contributed by atoms with Gasteiger partial charge in [-0.25, -0.2) is 0 Å². The minimum Gasteiger partial charge on any atom is -0.508 e. The Morgan fingerprint density at radius 2 is 1.75 bits per heavy atom. The van der Waals surface area contributed by atoms with Crippen molar-refractivity contribution < 1.29 is 14.6 Å². The van der Waals surface area contributed by atoms with Crippen LogP contribution in [0.1, 0.15) is 37.2 Å². The number of methoxy groups -OCH3 is 2. The maximum absolute atomic E-state index is 9.39. The first-order valence-electron chi connectivity index (χ1n) is 7.23. The molecule has 4 nitrogen and oxygen atoms in total. The van der Waals surface area contributed by atoms with Crippen LogP contribution in [-0.2, 0) is 9.47 Å². The van der Waals surface area contributed by atoms with Gasteiger partial charge in [0.1, 0.15) is 5.75 Å². The first-order valence-corrected chi connectivity index (χ1v) is 7.23. The van der Waals surface area contributed by atoms with Crippen LogP contribution in [0, 0.1) is 5.92 Å². The molecule has 1 unspecified atom stereocenters. The maximum atomic E-state index is 9.39. The quantitative estimate of drug-likeness (QED) is 0.813. The molecule has 20 heavy (non-hydrogen) atoms. The molecule has 0 bridgehead atoms. The van der Waals surface area contributed by atoms with E-state index in [1.165, 1.54) is 5.56 Å².